The van der Waals surface area contributed by atoms with E-state index in [2.05, 4.69) is 42.7 Å². The predicted molar refractivity (Wildman–Crippen MR) is 85.6 cm³/mol. The van der Waals surface area contributed by atoms with Crippen molar-refractivity contribution in [3.05, 3.63) is 23.3 Å². The summed E-state index contributed by atoms with van der Waals surface area (Å²) >= 11 is 0. The van der Waals surface area contributed by atoms with E-state index in [1.807, 2.05) is 13.8 Å². The number of hydrogen-bond acceptors (Lipinski definition) is 3. The summed E-state index contributed by atoms with van der Waals surface area (Å²) in [6, 6.07) is 4.30. The van der Waals surface area contributed by atoms with E-state index >= 15 is 0 Å². The second-order valence-corrected chi connectivity index (χ2v) is 6.08. The van der Waals surface area contributed by atoms with Gasteiger partial charge in [-0.2, -0.15) is 0 Å². The quantitative estimate of drug-likeness (QED) is 0.777. The molecule has 1 aromatic carbocycles. The molecule has 3 nitrogen and oxygen atoms in total. The summed E-state index contributed by atoms with van der Waals surface area (Å²) < 4.78 is 5.90. The highest BCUT2D eigenvalue weighted by Crippen LogP contribution is 2.37. The fraction of sp³-hybridized carbons (Fsp3) is 0.588. The topological polar surface area (TPSA) is 24.8 Å². The van der Waals surface area contributed by atoms with Crippen LogP contribution in [0.4, 0.5) is 5.69 Å². The van der Waals surface area contributed by atoms with Crippen molar-refractivity contribution in [1.29, 1.82) is 0 Å². The number of aliphatic imine (C=N–C) groups is 1. The van der Waals surface area contributed by atoms with Gasteiger partial charge in [0, 0.05) is 0 Å². The van der Waals surface area contributed by atoms with Crippen LogP contribution in [0.25, 0.3) is 0 Å². The number of benzene rings is 1. The van der Waals surface area contributed by atoms with Crippen molar-refractivity contribution in [3.8, 4) is 5.75 Å². The third-order valence-electron chi connectivity index (χ3n) is 4.04. The Morgan fingerprint density at radius 1 is 1.30 bits per heavy atom. The molecule has 0 atom stereocenters. The Morgan fingerprint density at radius 3 is 2.50 bits per heavy atom. The molecule has 0 aromatic heterocycles. The molecule has 2 rings (SSSR count). The van der Waals surface area contributed by atoms with E-state index in [0.717, 1.165) is 11.4 Å². The molecule has 1 aliphatic rings. The molecule has 0 bridgehead atoms. The normalized spacial score (nSPS) is 17.4. The molecular formula is C17H26N2O. The number of aryl methyl sites for hydroxylation is 1. The molecule has 1 saturated heterocycles. The highest BCUT2D eigenvalue weighted by molar-refractivity contribution is 5.60. The van der Waals surface area contributed by atoms with Gasteiger partial charge in [0.1, 0.15) is 11.4 Å². The molecule has 1 fully saturated rings. The molecule has 0 spiro atoms. The SMILES string of the molecule is C=Nc1cc(C)c(C2CCN(C)CC2)cc1OC(C)C. The number of likely N-dealkylation sites (tertiary alicyclic amines) is 1. The zero-order valence-corrected chi connectivity index (χ0v) is 13.1. The number of rotatable bonds is 4. The summed E-state index contributed by atoms with van der Waals surface area (Å²) in [6.07, 6.45) is 2.60. The molecular weight excluding hydrogens is 248 g/mol. The van der Waals surface area contributed by atoms with Crippen LogP contribution in [0.2, 0.25) is 0 Å². The summed E-state index contributed by atoms with van der Waals surface area (Å²) in [5.41, 5.74) is 3.58. The zero-order chi connectivity index (χ0) is 14.7. The maximum atomic E-state index is 5.90. The average Bonchev–Trinajstić information content (AvgIpc) is 2.41. The van der Waals surface area contributed by atoms with E-state index in [9.17, 15) is 0 Å². The van der Waals surface area contributed by atoms with Gasteiger partial charge in [0.05, 0.1) is 6.10 Å². The maximum Gasteiger partial charge on any atom is 0.145 e. The summed E-state index contributed by atoms with van der Waals surface area (Å²) in [4.78, 5) is 6.50. The van der Waals surface area contributed by atoms with Gasteiger partial charge in [0.15, 0.2) is 0 Å². The van der Waals surface area contributed by atoms with Gasteiger partial charge in [0.2, 0.25) is 0 Å². The summed E-state index contributed by atoms with van der Waals surface area (Å²) in [6.45, 7) is 12.3. The molecule has 0 N–H and O–H groups in total. The monoisotopic (exact) mass is 274 g/mol. The van der Waals surface area contributed by atoms with Crippen LogP contribution in [0, 0.1) is 6.92 Å². The van der Waals surface area contributed by atoms with Crippen molar-refractivity contribution >= 4 is 12.4 Å². The van der Waals surface area contributed by atoms with Crippen LogP contribution in [0.3, 0.4) is 0 Å². The van der Waals surface area contributed by atoms with Crippen LogP contribution in [0.15, 0.2) is 17.1 Å². The largest absolute Gasteiger partial charge is 0.489 e. The van der Waals surface area contributed by atoms with Gasteiger partial charge in [-0.05, 0) is 89.6 Å². The lowest BCUT2D eigenvalue weighted by molar-refractivity contribution is 0.240. The van der Waals surface area contributed by atoms with Crippen LogP contribution in [-0.4, -0.2) is 37.9 Å². The third-order valence-corrected chi connectivity index (χ3v) is 4.04. The van der Waals surface area contributed by atoms with E-state index in [1.165, 1.54) is 37.1 Å². The minimum Gasteiger partial charge on any atom is -0.489 e. The van der Waals surface area contributed by atoms with Crippen LogP contribution in [0.5, 0.6) is 5.75 Å². The standard InChI is InChI=1S/C17H26N2O/c1-12(2)20-17-11-15(13(3)10-16(17)18-4)14-6-8-19(5)9-7-14/h10-12,14H,4,6-9H2,1-3,5H3. The van der Waals surface area contributed by atoms with E-state index < -0.39 is 0 Å². The van der Waals surface area contributed by atoms with Crippen LogP contribution in [0.1, 0.15) is 43.7 Å². The predicted octanol–water partition coefficient (Wildman–Crippen LogP) is 3.92. The van der Waals surface area contributed by atoms with Crippen molar-refractivity contribution in [2.45, 2.75) is 45.6 Å². The van der Waals surface area contributed by atoms with Gasteiger partial charge in [-0.1, -0.05) is 0 Å². The number of ether oxygens (including phenoxy) is 1. The van der Waals surface area contributed by atoms with Gasteiger partial charge in [-0.25, -0.2) is 0 Å². The lowest BCUT2D eigenvalue weighted by Crippen LogP contribution is -2.29. The molecule has 1 heterocycles. The third kappa shape index (κ3) is 3.40. The van der Waals surface area contributed by atoms with Crippen LogP contribution < -0.4 is 4.74 Å². The van der Waals surface area contributed by atoms with Crippen molar-refractivity contribution in [2.24, 2.45) is 4.99 Å². The van der Waals surface area contributed by atoms with Crippen LogP contribution >= 0.6 is 0 Å². The highest BCUT2D eigenvalue weighted by Gasteiger charge is 2.21. The summed E-state index contributed by atoms with van der Waals surface area (Å²) in [5.74, 6) is 1.51. The van der Waals surface area contributed by atoms with E-state index in [1.54, 1.807) is 0 Å². The minimum absolute atomic E-state index is 0.156. The Hall–Kier alpha value is -1.35. The van der Waals surface area contributed by atoms with Gasteiger partial charge in [-0.15, -0.1) is 0 Å². The van der Waals surface area contributed by atoms with Crippen molar-refractivity contribution in [1.82, 2.24) is 4.90 Å². The Labute approximate surface area is 122 Å². The first-order valence-electron chi connectivity index (χ1n) is 7.47. The summed E-state index contributed by atoms with van der Waals surface area (Å²) in [5, 5.41) is 0. The average molecular weight is 274 g/mol. The van der Waals surface area contributed by atoms with E-state index in [4.69, 9.17) is 4.74 Å². The zero-order valence-electron chi connectivity index (χ0n) is 13.1. The second kappa shape index (κ2) is 6.40. The Balaban J connectivity index is 2.30. The molecule has 0 aliphatic carbocycles. The van der Waals surface area contributed by atoms with E-state index in [0.29, 0.717) is 5.92 Å². The first-order chi connectivity index (χ1) is 9.51. The van der Waals surface area contributed by atoms with Crippen molar-refractivity contribution in [3.63, 3.8) is 0 Å². The van der Waals surface area contributed by atoms with Crippen molar-refractivity contribution < 1.29 is 4.74 Å². The minimum atomic E-state index is 0.156. The highest BCUT2D eigenvalue weighted by atomic mass is 16.5. The van der Waals surface area contributed by atoms with Gasteiger partial charge in [0.25, 0.3) is 0 Å². The molecule has 0 radical (unpaired) electrons. The lowest BCUT2D eigenvalue weighted by Gasteiger charge is -2.30. The number of nitrogens with zero attached hydrogens (tertiary/aromatic N) is 2. The van der Waals surface area contributed by atoms with E-state index in [-0.39, 0.29) is 6.10 Å². The fourth-order valence-electron chi connectivity index (χ4n) is 2.92. The molecule has 20 heavy (non-hydrogen) atoms. The first-order valence-corrected chi connectivity index (χ1v) is 7.47. The molecule has 0 amide bonds. The smallest absolute Gasteiger partial charge is 0.145 e. The fourth-order valence-corrected chi connectivity index (χ4v) is 2.92. The molecule has 110 valence electrons. The maximum absolute atomic E-state index is 5.90. The van der Waals surface area contributed by atoms with Gasteiger partial charge in [-0.3, -0.25) is 4.99 Å². The lowest BCUT2D eigenvalue weighted by atomic mass is 9.86. The number of hydrogen-bond donors (Lipinski definition) is 0. The van der Waals surface area contributed by atoms with Gasteiger partial charge < -0.3 is 9.64 Å². The molecule has 1 aromatic rings. The van der Waals surface area contributed by atoms with Crippen LogP contribution in [-0.2, 0) is 0 Å². The molecule has 3 heteroatoms. The van der Waals surface area contributed by atoms with Crippen molar-refractivity contribution in [2.75, 3.05) is 20.1 Å². The molecule has 0 unspecified atom stereocenters. The Bertz CT molecular complexity index is 474. The Morgan fingerprint density at radius 2 is 1.95 bits per heavy atom. The van der Waals surface area contributed by atoms with Gasteiger partial charge >= 0.3 is 0 Å². The Kier molecular flexibility index (Phi) is 4.81. The molecule has 0 saturated carbocycles. The number of piperidine rings is 1. The summed E-state index contributed by atoms with van der Waals surface area (Å²) in [7, 11) is 2.20. The first kappa shape index (κ1) is 15.0. The molecule has 1 aliphatic heterocycles. The second-order valence-electron chi connectivity index (χ2n) is 6.08.